The highest BCUT2D eigenvalue weighted by Gasteiger charge is 2.64. The Morgan fingerprint density at radius 2 is 1.92 bits per heavy atom. The van der Waals surface area contributed by atoms with Crippen LogP contribution >= 0.6 is 11.6 Å². The van der Waals surface area contributed by atoms with Gasteiger partial charge in [0.25, 0.3) is 0 Å². The summed E-state index contributed by atoms with van der Waals surface area (Å²) in [6, 6.07) is 2.62. The van der Waals surface area contributed by atoms with Gasteiger partial charge in [-0.25, -0.2) is 9.59 Å². The van der Waals surface area contributed by atoms with Crippen molar-refractivity contribution in [3.8, 4) is 5.75 Å². The van der Waals surface area contributed by atoms with Gasteiger partial charge in [0.2, 0.25) is 11.8 Å². The molecule has 8 atom stereocenters. The van der Waals surface area contributed by atoms with Crippen LogP contribution in [0.2, 0.25) is 5.02 Å². The van der Waals surface area contributed by atoms with Crippen molar-refractivity contribution in [1.29, 1.82) is 0 Å². The van der Waals surface area contributed by atoms with Crippen LogP contribution in [0, 0.1) is 5.92 Å². The van der Waals surface area contributed by atoms with E-state index in [-0.39, 0.29) is 30.2 Å². The first-order chi connectivity index (χ1) is 24.9. The van der Waals surface area contributed by atoms with Crippen molar-refractivity contribution in [2.45, 2.75) is 102 Å². The normalized spacial score (nSPS) is 31.3. The molecule has 14 nitrogen and oxygen atoms in total. The van der Waals surface area contributed by atoms with Crippen LogP contribution < -0.4 is 15.0 Å². The van der Waals surface area contributed by atoms with E-state index in [2.05, 4.69) is 5.32 Å². The number of benzene rings is 1. The maximum absolute atomic E-state index is 14.1. The van der Waals surface area contributed by atoms with Gasteiger partial charge in [0.15, 0.2) is 5.72 Å². The van der Waals surface area contributed by atoms with Gasteiger partial charge in [0, 0.05) is 46.5 Å². The second-order valence-corrected chi connectivity index (χ2v) is 14.9. The number of esters is 1. The standard InChI is InChI=1S/C38H55ClN4O10/c1-11-41(6)16-15-31(44)42(7)24(4)35(46)52-30-20-32(45)43(8)26-18-25(19-27(49-9)33(26)39)17-22(2)13-12-14-29(50-10)38(48)21-28(51-36(47)40-38)23(3)34-37(30,5)53-34/h12-14,18-19,23-24,28-30,34,48H,11,15-17,20-21H2,1-10H3,(H,40,47)/b14-12+,22-13+/t23-,24+,28+,29-,30+,34+,37+,38+/m1/s1. The number of carbonyl (C=O) groups excluding carboxylic acids is 4. The third-order valence-corrected chi connectivity index (χ3v) is 11.2. The monoisotopic (exact) mass is 762 g/mol. The summed E-state index contributed by atoms with van der Waals surface area (Å²) in [6.07, 6.45) is 1.20. The zero-order chi connectivity index (χ0) is 39.4. The van der Waals surface area contributed by atoms with Gasteiger partial charge in [-0.15, -0.1) is 0 Å². The van der Waals surface area contributed by atoms with Gasteiger partial charge in [-0.3, -0.25) is 14.9 Å². The number of hydrogen-bond donors (Lipinski definition) is 2. The minimum atomic E-state index is -1.82. The van der Waals surface area contributed by atoms with E-state index in [9.17, 15) is 24.3 Å². The molecule has 4 bridgehead atoms. The van der Waals surface area contributed by atoms with Crippen molar-refractivity contribution in [2.24, 2.45) is 5.92 Å². The highest BCUT2D eigenvalue weighted by molar-refractivity contribution is 6.35. The Labute approximate surface area is 317 Å². The number of aliphatic hydroxyl groups is 1. The lowest BCUT2D eigenvalue weighted by atomic mass is 9.83. The number of likely N-dealkylation sites (N-methyl/N-ethyl adjacent to an activating group) is 1. The van der Waals surface area contributed by atoms with Gasteiger partial charge in [-0.05, 0) is 58.5 Å². The summed E-state index contributed by atoms with van der Waals surface area (Å²) < 4.78 is 29.2. The molecule has 0 aliphatic carbocycles. The highest BCUT2D eigenvalue weighted by Crippen LogP contribution is 2.49. The van der Waals surface area contributed by atoms with Crippen molar-refractivity contribution >= 4 is 41.2 Å². The van der Waals surface area contributed by atoms with Crippen molar-refractivity contribution in [3.05, 3.63) is 46.5 Å². The number of ether oxygens (including phenoxy) is 5. The molecular weight excluding hydrogens is 708 g/mol. The minimum Gasteiger partial charge on any atom is -0.495 e. The fourth-order valence-electron chi connectivity index (χ4n) is 6.84. The number of nitrogens with one attached hydrogen (secondary N) is 1. The zero-order valence-electron chi connectivity index (χ0n) is 32.4. The predicted octanol–water partition coefficient (Wildman–Crippen LogP) is 3.86. The van der Waals surface area contributed by atoms with Crippen LogP contribution in [-0.2, 0) is 39.8 Å². The summed E-state index contributed by atoms with van der Waals surface area (Å²) in [5.74, 6) is -1.52. The number of anilines is 1. The van der Waals surface area contributed by atoms with E-state index in [1.165, 1.54) is 24.0 Å². The molecule has 15 heteroatoms. The van der Waals surface area contributed by atoms with Crippen LogP contribution in [0.5, 0.6) is 5.75 Å². The molecule has 53 heavy (non-hydrogen) atoms. The van der Waals surface area contributed by atoms with E-state index < -0.39 is 65.7 Å². The van der Waals surface area contributed by atoms with Crippen LogP contribution in [0.1, 0.15) is 59.4 Å². The molecule has 3 aliphatic heterocycles. The molecule has 2 fully saturated rings. The molecule has 1 aromatic rings. The number of carbonyl (C=O) groups is 4. The number of epoxide rings is 1. The Kier molecular flexibility index (Phi) is 13.6. The molecule has 0 aromatic heterocycles. The molecule has 0 saturated carbocycles. The summed E-state index contributed by atoms with van der Waals surface area (Å²) in [5.41, 5.74) is -0.894. The number of rotatable bonds is 9. The van der Waals surface area contributed by atoms with E-state index in [0.29, 0.717) is 24.4 Å². The number of alkyl carbamates (subject to hydrolysis) is 1. The third kappa shape index (κ3) is 9.52. The van der Waals surface area contributed by atoms with Crippen LogP contribution in [0.4, 0.5) is 10.5 Å². The SMILES string of the molecule is CCN(C)CCC(=O)N(C)[C@@H](C)C(=O)O[C@H]1CC(=O)N(C)c2cc(cc(OC)c2Cl)C/C(C)=C/C=C/[C@@H](OC)[C@@]2(O)C[C@H](OC(=O)N2)[C@@H](C)[C@@H]2O[C@@]12C. The van der Waals surface area contributed by atoms with Gasteiger partial charge in [0.1, 0.15) is 40.7 Å². The maximum Gasteiger partial charge on any atom is 0.409 e. The predicted molar refractivity (Wildman–Crippen MR) is 199 cm³/mol. The fourth-order valence-corrected chi connectivity index (χ4v) is 7.15. The first-order valence-electron chi connectivity index (χ1n) is 17.9. The van der Waals surface area contributed by atoms with Crippen molar-refractivity contribution < 1.29 is 48.0 Å². The second-order valence-electron chi connectivity index (χ2n) is 14.5. The molecule has 1 aromatic carbocycles. The number of methoxy groups -OCH3 is 2. The molecular formula is C38H55ClN4O10. The smallest absolute Gasteiger partial charge is 0.409 e. The quantitative estimate of drug-likeness (QED) is 0.278. The number of fused-ring (bicyclic) bond motifs is 5. The second kappa shape index (κ2) is 17.2. The van der Waals surface area contributed by atoms with Crippen molar-refractivity contribution in [2.75, 3.05) is 53.4 Å². The Morgan fingerprint density at radius 1 is 1.23 bits per heavy atom. The first-order valence-corrected chi connectivity index (χ1v) is 18.3. The summed E-state index contributed by atoms with van der Waals surface area (Å²) in [6.45, 7) is 10.3. The number of allylic oxidation sites excluding steroid dienone is 3. The molecule has 3 amide bonds. The van der Waals surface area contributed by atoms with E-state index in [4.69, 9.17) is 35.3 Å². The Balaban J connectivity index is 1.73. The summed E-state index contributed by atoms with van der Waals surface area (Å²) in [5, 5.41) is 14.5. The number of halogens is 1. The minimum absolute atomic E-state index is 0.0468. The fraction of sp³-hybridized carbons (Fsp3) is 0.632. The van der Waals surface area contributed by atoms with E-state index in [1.807, 2.05) is 31.9 Å². The largest absolute Gasteiger partial charge is 0.495 e. The molecule has 0 unspecified atom stereocenters. The number of amides is 3. The van der Waals surface area contributed by atoms with Gasteiger partial charge >= 0.3 is 12.1 Å². The molecule has 4 rings (SSSR count). The van der Waals surface area contributed by atoms with Crippen LogP contribution in [-0.4, -0.2) is 129 Å². The van der Waals surface area contributed by atoms with E-state index in [0.717, 1.165) is 17.7 Å². The Hall–Kier alpha value is -3.69. The average molecular weight is 763 g/mol. The first kappa shape index (κ1) is 42.1. The number of nitrogens with zero attached hydrogens (tertiary/aromatic N) is 3. The van der Waals surface area contributed by atoms with Gasteiger partial charge in [-0.1, -0.05) is 49.2 Å². The maximum atomic E-state index is 14.1. The lowest BCUT2D eigenvalue weighted by molar-refractivity contribution is -0.162. The van der Waals surface area contributed by atoms with Crippen LogP contribution in [0.3, 0.4) is 0 Å². The summed E-state index contributed by atoms with van der Waals surface area (Å²) >= 11 is 6.76. The van der Waals surface area contributed by atoms with Crippen molar-refractivity contribution in [1.82, 2.24) is 15.1 Å². The zero-order valence-corrected chi connectivity index (χ0v) is 33.2. The Bertz CT molecular complexity index is 1600. The molecule has 3 heterocycles. The van der Waals surface area contributed by atoms with E-state index in [1.54, 1.807) is 59.2 Å². The molecule has 2 N–H and O–H groups in total. The average Bonchev–Trinajstić information content (AvgIpc) is 3.82. The van der Waals surface area contributed by atoms with Gasteiger partial charge in [0.05, 0.1) is 25.3 Å². The lowest BCUT2D eigenvalue weighted by Crippen LogP contribution is -2.63. The van der Waals surface area contributed by atoms with Gasteiger partial charge in [-0.2, -0.15) is 0 Å². The third-order valence-electron chi connectivity index (χ3n) is 10.8. The topological polar surface area (TPSA) is 160 Å². The summed E-state index contributed by atoms with van der Waals surface area (Å²) in [7, 11) is 7.95. The Morgan fingerprint density at radius 3 is 2.57 bits per heavy atom. The van der Waals surface area contributed by atoms with E-state index >= 15 is 0 Å². The molecule has 294 valence electrons. The highest BCUT2D eigenvalue weighted by atomic mass is 35.5. The molecule has 2 saturated heterocycles. The number of hydrogen-bond acceptors (Lipinski definition) is 11. The molecule has 0 spiro atoms. The van der Waals surface area contributed by atoms with Crippen LogP contribution in [0.25, 0.3) is 0 Å². The lowest BCUT2D eigenvalue weighted by Gasteiger charge is -2.42. The molecule has 3 aliphatic rings. The molecule has 0 radical (unpaired) electrons. The van der Waals surface area contributed by atoms with Gasteiger partial charge < -0.3 is 43.5 Å². The van der Waals surface area contributed by atoms with Crippen LogP contribution in [0.15, 0.2) is 35.9 Å². The summed E-state index contributed by atoms with van der Waals surface area (Å²) in [4.78, 5) is 58.5. The van der Waals surface area contributed by atoms with Crippen molar-refractivity contribution in [3.63, 3.8) is 0 Å².